The summed E-state index contributed by atoms with van der Waals surface area (Å²) in [7, 11) is 1.67. The lowest BCUT2D eigenvalue weighted by molar-refractivity contribution is -0.121. The van der Waals surface area contributed by atoms with Crippen LogP contribution in [0.3, 0.4) is 0 Å². The van der Waals surface area contributed by atoms with Crippen molar-refractivity contribution in [1.29, 1.82) is 0 Å². The highest BCUT2D eigenvalue weighted by molar-refractivity contribution is 9.10. The number of esters is 1. The fourth-order valence-corrected chi connectivity index (χ4v) is 4.76. The van der Waals surface area contributed by atoms with Gasteiger partial charge in [0.25, 0.3) is 5.91 Å². The van der Waals surface area contributed by atoms with E-state index in [4.69, 9.17) is 9.47 Å². The summed E-state index contributed by atoms with van der Waals surface area (Å²) in [4.78, 5) is 31.2. The molecule has 6 nitrogen and oxygen atoms in total. The average molecular weight is 569 g/mol. The van der Waals surface area contributed by atoms with Crippen molar-refractivity contribution in [2.24, 2.45) is 4.99 Å². The number of benzene rings is 3. The Hall–Kier alpha value is -3.43. The van der Waals surface area contributed by atoms with Gasteiger partial charge in [-0.15, -0.1) is 0 Å². The van der Waals surface area contributed by atoms with E-state index in [9.17, 15) is 14.0 Å². The van der Waals surface area contributed by atoms with Gasteiger partial charge >= 0.3 is 5.97 Å². The molecule has 4 rings (SSSR count). The highest BCUT2D eigenvalue weighted by Crippen LogP contribution is 2.34. The van der Waals surface area contributed by atoms with Crippen LogP contribution >= 0.6 is 27.7 Å². The largest absolute Gasteiger partial charge is 0.488 e. The Bertz CT molecular complexity index is 1340. The number of likely N-dealkylation sites (N-methyl/N-ethyl adjacent to an activating group) is 1. The summed E-state index contributed by atoms with van der Waals surface area (Å²) < 4.78 is 24.6. The van der Waals surface area contributed by atoms with Crippen LogP contribution in [0.15, 0.2) is 81.1 Å². The van der Waals surface area contributed by atoms with Gasteiger partial charge in [0, 0.05) is 7.05 Å². The van der Waals surface area contributed by atoms with Crippen LogP contribution in [0, 0.1) is 5.82 Å². The molecule has 0 N–H and O–H groups in total. The zero-order valence-corrected chi connectivity index (χ0v) is 21.9. The van der Waals surface area contributed by atoms with E-state index >= 15 is 0 Å². The van der Waals surface area contributed by atoms with Gasteiger partial charge in [0.1, 0.15) is 18.2 Å². The molecule has 1 saturated heterocycles. The van der Waals surface area contributed by atoms with E-state index in [0.29, 0.717) is 40.3 Å². The molecule has 0 saturated carbocycles. The summed E-state index contributed by atoms with van der Waals surface area (Å²) >= 11 is 4.79. The number of amidine groups is 1. The Kier molecular flexibility index (Phi) is 8.22. The lowest BCUT2D eigenvalue weighted by Crippen LogP contribution is -2.23. The van der Waals surface area contributed by atoms with E-state index in [2.05, 4.69) is 20.9 Å². The van der Waals surface area contributed by atoms with Crippen LogP contribution in [-0.4, -0.2) is 35.6 Å². The SMILES string of the molecule is CCOC(=O)c1ccc(N=C2SC(=Cc3ccc(OCc4ccc(F)cc4)c(Br)c3)C(=O)N2C)cc1. The quantitative estimate of drug-likeness (QED) is 0.238. The molecular weight excluding hydrogens is 547 g/mol. The lowest BCUT2D eigenvalue weighted by atomic mass is 10.2. The van der Waals surface area contributed by atoms with Gasteiger partial charge in [0.2, 0.25) is 0 Å². The van der Waals surface area contributed by atoms with Gasteiger partial charge in [0.15, 0.2) is 5.17 Å². The summed E-state index contributed by atoms with van der Waals surface area (Å²) in [6, 6.07) is 18.4. The Morgan fingerprint density at radius 2 is 1.83 bits per heavy atom. The number of ether oxygens (including phenoxy) is 2. The molecule has 0 spiro atoms. The second kappa shape index (κ2) is 11.5. The molecule has 184 valence electrons. The normalized spacial score (nSPS) is 15.6. The Morgan fingerprint density at radius 3 is 2.50 bits per heavy atom. The minimum atomic E-state index is -0.387. The molecule has 1 heterocycles. The van der Waals surface area contributed by atoms with Crippen LogP contribution in [0.1, 0.15) is 28.4 Å². The van der Waals surface area contributed by atoms with E-state index in [0.717, 1.165) is 15.6 Å². The summed E-state index contributed by atoms with van der Waals surface area (Å²) in [6.07, 6.45) is 1.80. The van der Waals surface area contributed by atoms with E-state index in [-0.39, 0.29) is 17.7 Å². The number of thioether (sulfide) groups is 1. The molecule has 0 atom stereocenters. The molecule has 1 amide bonds. The standard InChI is InChI=1S/C27H22BrFN2O4S/c1-3-34-26(33)19-7-11-21(12-8-19)30-27-31(2)25(32)24(36-27)15-18-6-13-23(22(28)14-18)35-16-17-4-9-20(29)10-5-17/h4-15H,3,16H2,1-2H3. The smallest absolute Gasteiger partial charge is 0.338 e. The monoisotopic (exact) mass is 568 g/mol. The third-order valence-electron chi connectivity index (χ3n) is 5.17. The van der Waals surface area contributed by atoms with Crippen LogP contribution in [0.2, 0.25) is 0 Å². The Morgan fingerprint density at radius 1 is 1.11 bits per heavy atom. The van der Waals surface area contributed by atoms with Crippen molar-refractivity contribution in [3.63, 3.8) is 0 Å². The minimum Gasteiger partial charge on any atom is -0.488 e. The Balaban J connectivity index is 1.45. The van der Waals surface area contributed by atoms with E-state index in [1.807, 2.05) is 18.2 Å². The zero-order chi connectivity index (χ0) is 25.7. The van der Waals surface area contributed by atoms with Crippen molar-refractivity contribution in [3.05, 3.63) is 98.6 Å². The van der Waals surface area contributed by atoms with Gasteiger partial charge in [0.05, 0.1) is 27.2 Å². The first kappa shape index (κ1) is 25.7. The first-order chi connectivity index (χ1) is 17.3. The van der Waals surface area contributed by atoms with Gasteiger partial charge in [-0.05, 0) is 100 Å². The maximum absolute atomic E-state index is 13.1. The van der Waals surface area contributed by atoms with Crippen molar-refractivity contribution < 1.29 is 23.5 Å². The van der Waals surface area contributed by atoms with Crippen molar-refractivity contribution in [2.45, 2.75) is 13.5 Å². The molecule has 1 fully saturated rings. The summed E-state index contributed by atoms with van der Waals surface area (Å²) in [5, 5.41) is 0.536. The Labute approximate surface area is 220 Å². The molecule has 0 radical (unpaired) electrons. The van der Waals surface area contributed by atoms with E-state index < -0.39 is 0 Å². The molecule has 1 aliphatic heterocycles. The predicted molar refractivity (Wildman–Crippen MR) is 143 cm³/mol. The van der Waals surface area contributed by atoms with Crippen molar-refractivity contribution in [2.75, 3.05) is 13.7 Å². The third kappa shape index (κ3) is 6.22. The second-order valence-corrected chi connectivity index (χ2v) is 9.60. The molecule has 3 aromatic carbocycles. The number of halogens is 2. The number of hydrogen-bond acceptors (Lipinski definition) is 6. The van der Waals surface area contributed by atoms with Crippen molar-refractivity contribution in [3.8, 4) is 5.75 Å². The predicted octanol–water partition coefficient (Wildman–Crippen LogP) is 6.58. The summed E-state index contributed by atoms with van der Waals surface area (Å²) in [5.74, 6) is -0.197. The van der Waals surface area contributed by atoms with Gasteiger partial charge in [-0.25, -0.2) is 14.2 Å². The molecule has 1 aliphatic rings. The molecular formula is C27H22BrFN2O4S. The number of carbonyl (C=O) groups excluding carboxylic acids is 2. The molecule has 0 aliphatic carbocycles. The number of nitrogens with zero attached hydrogens (tertiary/aromatic N) is 2. The number of carbonyl (C=O) groups is 2. The second-order valence-electron chi connectivity index (χ2n) is 7.74. The van der Waals surface area contributed by atoms with Crippen LogP contribution in [0.5, 0.6) is 5.75 Å². The van der Waals surface area contributed by atoms with Crippen molar-refractivity contribution >= 4 is 56.5 Å². The highest BCUT2D eigenvalue weighted by Gasteiger charge is 2.30. The van der Waals surface area contributed by atoms with E-state index in [1.165, 1.54) is 28.8 Å². The number of rotatable bonds is 7. The lowest BCUT2D eigenvalue weighted by Gasteiger charge is -2.09. The zero-order valence-electron chi connectivity index (χ0n) is 19.5. The van der Waals surface area contributed by atoms with Gasteiger partial charge < -0.3 is 9.47 Å². The molecule has 3 aromatic rings. The van der Waals surface area contributed by atoms with E-state index in [1.54, 1.807) is 56.4 Å². The number of amides is 1. The number of aliphatic imine (C=N–C) groups is 1. The maximum atomic E-state index is 13.1. The average Bonchev–Trinajstić information content (AvgIpc) is 3.12. The van der Waals surface area contributed by atoms with Crippen LogP contribution < -0.4 is 4.74 Å². The van der Waals surface area contributed by atoms with Crippen LogP contribution in [0.4, 0.5) is 10.1 Å². The van der Waals surface area contributed by atoms with Crippen molar-refractivity contribution in [1.82, 2.24) is 4.90 Å². The van der Waals surface area contributed by atoms with Crippen LogP contribution in [0.25, 0.3) is 6.08 Å². The molecule has 0 unspecified atom stereocenters. The van der Waals surface area contributed by atoms with Gasteiger partial charge in [-0.2, -0.15) is 0 Å². The fraction of sp³-hybridized carbons (Fsp3) is 0.148. The van der Waals surface area contributed by atoms with Gasteiger partial charge in [-0.3, -0.25) is 9.69 Å². The first-order valence-corrected chi connectivity index (χ1v) is 12.6. The topological polar surface area (TPSA) is 68.2 Å². The van der Waals surface area contributed by atoms with Crippen LogP contribution in [-0.2, 0) is 16.1 Å². The maximum Gasteiger partial charge on any atom is 0.338 e. The first-order valence-electron chi connectivity index (χ1n) is 11.0. The minimum absolute atomic E-state index is 0.158. The molecule has 0 aromatic heterocycles. The number of hydrogen-bond donors (Lipinski definition) is 0. The molecule has 9 heteroatoms. The molecule has 0 bridgehead atoms. The fourth-order valence-electron chi connectivity index (χ4n) is 3.27. The third-order valence-corrected chi connectivity index (χ3v) is 6.85. The summed E-state index contributed by atoms with van der Waals surface area (Å²) in [5.41, 5.74) is 2.74. The summed E-state index contributed by atoms with van der Waals surface area (Å²) in [6.45, 7) is 2.37. The van der Waals surface area contributed by atoms with Gasteiger partial charge in [-0.1, -0.05) is 18.2 Å². The highest BCUT2D eigenvalue weighted by atomic mass is 79.9. The molecule has 36 heavy (non-hydrogen) atoms.